The van der Waals surface area contributed by atoms with Crippen LogP contribution in [0.2, 0.25) is 0 Å². The fourth-order valence-electron chi connectivity index (χ4n) is 2.35. The van der Waals surface area contributed by atoms with Crippen LogP contribution in [0.15, 0.2) is 42.5 Å². The summed E-state index contributed by atoms with van der Waals surface area (Å²) in [7, 11) is -3.19. The Kier molecular flexibility index (Phi) is 6.16. The average molecular weight is 321 g/mol. The van der Waals surface area contributed by atoms with Crippen molar-refractivity contribution in [2.45, 2.75) is 26.7 Å². The van der Waals surface area contributed by atoms with Crippen molar-refractivity contribution in [2.75, 3.05) is 19.8 Å². The number of hydrogen-bond donors (Lipinski definition) is 1. The van der Waals surface area contributed by atoms with Crippen LogP contribution >= 0.6 is 7.75 Å². The predicted octanol–water partition coefficient (Wildman–Crippen LogP) is 4.71. The lowest BCUT2D eigenvalue weighted by molar-refractivity contribution is 0.210. The molecule has 0 amide bonds. The van der Waals surface area contributed by atoms with Crippen molar-refractivity contribution in [3.63, 3.8) is 0 Å². The van der Waals surface area contributed by atoms with E-state index in [-0.39, 0.29) is 5.92 Å². The molecule has 1 atom stereocenters. The van der Waals surface area contributed by atoms with Gasteiger partial charge in [-0.25, -0.2) is 9.65 Å². The number of benzene rings is 2. The molecule has 120 valence electrons. The third-order valence-corrected chi connectivity index (χ3v) is 5.30. The van der Waals surface area contributed by atoms with Crippen molar-refractivity contribution in [3.05, 3.63) is 48.0 Å². The monoisotopic (exact) mass is 321 g/mol. The minimum absolute atomic E-state index is 0.207. The molecule has 2 rings (SSSR count). The molecule has 2 aromatic rings. The van der Waals surface area contributed by atoms with Crippen LogP contribution in [-0.4, -0.2) is 19.8 Å². The fourth-order valence-corrected chi connectivity index (χ4v) is 3.78. The third kappa shape index (κ3) is 4.40. The van der Waals surface area contributed by atoms with Gasteiger partial charge in [-0.05, 0) is 36.1 Å². The van der Waals surface area contributed by atoms with Gasteiger partial charge < -0.3 is 0 Å². The zero-order valence-corrected chi connectivity index (χ0v) is 14.3. The Balaban J connectivity index is 2.06. The third-order valence-electron chi connectivity index (χ3n) is 3.53. The summed E-state index contributed by atoms with van der Waals surface area (Å²) in [6.45, 7) is 6.96. The lowest BCUT2D eigenvalue weighted by atomic mass is 9.98. The van der Waals surface area contributed by atoms with E-state index in [1.54, 1.807) is 13.8 Å². The highest BCUT2D eigenvalue weighted by atomic mass is 31.2. The molecule has 0 spiro atoms. The van der Waals surface area contributed by atoms with Crippen LogP contribution in [0.3, 0.4) is 0 Å². The molecule has 0 radical (unpaired) electrons. The molecule has 0 aliphatic heterocycles. The van der Waals surface area contributed by atoms with Gasteiger partial charge in [0.15, 0.2) is 0 Å². The van der Waals surface area contributed by atoms with Gasteiger partial charge in [-0.1, -0.05) is 49.4 Å². The van der Waals surface area contributed by atoms with E-state index in [0.717, 1.165) is 0 Å². The van der Waals surface area contributed by atoms with E-state index in [0.29, 0.717) is 19.8 Å². The maximum absolute atomic E-state index is 12.4. The van der Waals surface area contributed by atoms with Crippen LogP contribution < -0.4 is 5.09 Å². The highest BCUT2D eigenvalue weighted by molar-refractivity contribution is 7.51. The van der Waals surface area contributed by atoms with E-state index in [2.05, 4.69) is 42.3 Å². The molecule has 1 unspecified atom stereocenters. The van der Waals surface area contributed by atoms with Gasteiger partial charge in [0, 0.05) is 6.54 Å². The number of rotatable bonds is 8. The summed E-state index contributed by atoms with van der Waals surface area (Å²) in [5.41, 5.74) is 1.20. The van der Waals surface area contributed by atoms with Crippen LogP contribution in [0.5, 0.6) is 0 Å². The molecule has 0 saturated carbocycles. The van der Waals surface area contributed by atoms with Gasteiger partial charge in [-0.2, -0.15) is 0 Å². The van der Waals surface area contributed by atoms with Crippen LogP contribution in [0, 0.1) is 0 Å². The van der Waals surface area contributed by atoms with Crippen molar-refractivity contribution < 1.29 is 13.6 Å². The summed E-state index contributed by atoms with van der Waals surface area (Å²) in [5.74, 6) is 0.207. The molecule has 22 heavy (non-hydrogen) atoms. The van der Waals surface area contributed by atoms with E-state index >= 15 is 0 Å². The first-order valence-corrected chi connectivity index (χ1v) is 9.25. The molecule has 2 aromatic carbocycles. The lowest BCUT2D eigenvalue weighted by Gasteiger charge is -2.20. The van der Waals surface area contributed by atoms with Gasteiger partial charge in [0.05, 0.1) is 13.2 Å². The SMILES string of the molecule is CCOP(=O)(NCC(C)c1ccc2ccccc2c1)OCC. The van der Waals surface area contributed by atoms with Crippen LogP contribution in [0.1, 0.15) is 32.3 Å². The van der Waals surface area contributed by atoms with Crippen molar-refractivity contribution in [2.24, 2.45) is 0 Å². The quantitative estimate of drug-likeness (QED) is 0.715. The molecular formula is C17H24NO3P. The molecule has 0 aliphatic carbocycles. The van der Waals surface area contributed by atoms with Gasteiger partial charge in [-0.15, -0.1) is 0 Å². The van der Waals surface area contributed by atoms with E-state index in [1.165, 1.54) is 16.3 Å². The molecular weight excluding hydrogens is 297 g/mol. The largest absolute Gasteiger partial charge is 0.405 e. The number of hydrogen-bond acceptors (Lipinski definition) is 3. The highest BCUT2D eigenvalue weighted by Gasteiger charge is 2.23. The van der Waals surface area contributed by atoms with Crippen molar-refractivity contribution in [3.8, 4) is 0 Å². The van der Waals surface area contributed by atoms with Gasteiger partial charge in [0.25, 0.3) is 0 Å². The zero-order valence-electron chi connectivity index (χ0n) is 13.4. The fraction of sp³-hybridized carbons (Fsp3) is 0.412. The van der Waals surface area contributed by atoms with Crippen molar-refractivity contribution in [1.29, 1.82) is 0 Å². The van der Waals surface area contributed by atoms with Crippen LogP contribution in [0.4, 0.5) is 0 Å². The Hall–Kier alpha value is -1.19. The van der Waals surface area contributed by atoms with Gasteiger partial charge >= 0.3 is 7.75 Å². The second-order valence-electron chi connectivity index (χ2n) is 5.20. The van der Waals surface area contributed by atoms with E-state index in [9.17, 15) is 4.57 Å². The van der Waals surface area contributed by atoms with Gasteiger partial charge in [0.1, 0.15) is 0 Å². The summed E-state index contributed by atoms with van der Waals surface area (Å²) in [6, 6.07) is 14.7. The van der Waals surface area contributed by atoms with E-state index in [1.807, 2.05) is 12.1 Å². The topological polar surface area (TPSA) is 47.6 Å². The van der Waals surface area contributed by atoms with Crippen molar-refractivity contribution >= 4 is 18.5 Å². The Morgan fingerprint density at radius 1 is 1.05 bits per heavy atom. The van der Waals surface area contributed by atoms with Gasteiger partial charge in [0.2, 0.25) is 0 Å². The first-order valence-electron chi connectivity index (χ1n) is 7.71. The molecule has 0 fully saturated rings. The first-order chi connectivity index (χ1) is 10.6. The molecule has 0 saturated heterocycles. The average Bonchev–Trinajstić information content (AvgIpc) is 2.53. The molecule has 0 heterocycles. The van der Waals surface area contributed by atoms with Gasteiger partial charge in [-0.3, -0.25) is 9.05 Å². The second-order valence-corrected chi connectivity index (χ2v) is 7.03. The Morgan fingerprint density at radius 2 is 1.68 bits per heavy atom. The maximum atomic E-state index is 12.4. The summed E-state index contributed by atoms with van der Waals surface area (Å²) in [5, 5.41) is 5.39. The van der Waals surface area contributed by atoms with Crippen LogP contribution in [0.25, 0.3) is 10.8 Å². The van der Waals surface area contributed by atoms with Crippen LogP contribution in [-0.2, 0) is 13.6 Å². The molecule has 5 heteroatoms. The first kappa shape index (κ1) is 17.2. The maximum Gasteiger partial charge on any atom is 0.405 e. The predicted molar refractivity (Wildman–Crippen MR) is 91.2 cm³/mol. The Morgan fingerprint density at radius 3 is 2.32 bits per heavy atom. The zero-order chi connectivity index (χ0) is 16.0. The molecule has 0 aliphatic rings. The normalized spacial score (nSPS) is 13.4. The molecule has 1 N–H and O–H groups in total. The summed E-state index contributed by atoms with van der Waals surface area (Å²) in [4.78, 5) is 0. The van der Waals surface area contributed by atoms with E-state index < -0.39 is 7.75 Å². The molecule has 0 aromatic heterocycles. The van der Waals surface area contributed by atoms with Crippen molar-refractivity contribution in [1.82, 2.24) is 5.09 Å². The molecule has 0 bridgehead atoms. The summed E-state index contributed by atoms with van der Waals surface area (Å²) in [6.07, 6.45) is 0. The second kappa shape index (κ2) is 7.89. The van der Waals surface area contributed by atoms with E-state index in [4.69, 9.17) is 9.05 Å². The number of nitrogens with one attached hydrogen (secondary N) is 1. The minimum atomic E-state index is -3.19. The Labute approximate surface area is 132 Å². The number of fused-ring (bicyclic) bond motifs is 1. The molecule has 4 nitrogen and oxygen atoms in total. The Bertz CT molecular complexity index is 649. The smallest absolute Gasteiger partial charge is 0.297 e. The lowest BCUT2D eigenvalue weighted by Crippen LogP contribution is -2.20. The summed E-state index contributed by atoms with van der Waals surface area (Å²) >= 11 is 0. The minimum Gasteiger partial charge on any atom is -0.297 e. The summed E-state index contributed by atoms with van der Waals surface area (Å²) < 4.78 is 22.9. The standard InChI is InChI=1S/C17H24NO3P/c1-4-20-22(19,21-5-2)18-13-14(3)16-11-10-15-8-6-7-9-17(15)12-16/h6-12,14H,4-5,13H2,1-3H3,(H,18,19). The highest BCUT2D eigenvalue weighted by Crippen LogP contribution is 2.43.